The molecule has 1 N–H and O–H groups in total. The molecule has 1 aromatic carbocycles. The van der Waals surface area contributed by atoms with Crippen molar-refractivity contribution < 1.29 is 4.74 Å². The highest BCUT2D eigenvalue weighted by Gasteiger charge is 2.39. The summed E-state index contributed by atoms with van der Waals surface area (Å²) in [4.78, 5) is 2.64. The van der Waals surface area contributed by atoms with E-state index in [-0.39, 0.29) is 0 Å². The maximum Gasteiger partial charge on any atom is 0.0589 e. The average Bonchev–Trinajstić information content (AvgIpc) is 2.55. The number of hydrogen-bond acceptors (Lipinski definition) is 3. The van der Waals surface area contributed by atoms with Crippen LogP contribution >= 0.6 is 0 Å². The highest BCUT2D eigenvalue weighted by molar-refractivity contribution is 5.21. The molecule has 1 heterocycles. The largest absolute Gasteiger partial charge is 0.383 e. The van der Waals surface area contributed by atoms with Gasteiger partial charge in [0.2, 0.25) is 0 Å². The molecule has 1 unspecified atom stereocenters. The Kier molecular flexibility index (Phi) is 4.94. The van der Waals surface area contributed by atoms with E-state index in [9.17, 15) is 0 Å². The third-order valence-corrected chi connectivity index (χ3v) is 5.19. The number of piperazine rings is 1. The number of nitrogens with one attached hydrogen (secondary N) is 1. The Morgan fingerprint density at radius 3 is 2.67 bits per heavy atom. The van der Waals surface area contributed by atoms with Crippen LogP contribution in [0, 0.1) is 0 Å². The molecule has 3 nitrogen and oxygen atoms in total. The SMILES string of the molecule is COCCN1CC2(CCCCC2)NCC1c1ccccc1. The molecule has 0 amide bonds. The summed E-state index contributed by atoms with van der Waals surface area (Å²) in [6.07, 6.45) is 6.82. The van der Waals surface area contributed by atoms with Crippen LogP contribution in [0.5, 0.6) is 0 Å². The molecule has 2 fully saturated rings. The van der Waals surface area contributed by atoms with E-state index in [0.29, 0.717) is 11.6 Å². The second-order valence-electron chi connectivity index (χ2n) is 6.61. The van der Waals surface area contributed by atoms with E-state index in [0.717, 1.165) is 26.2 Å². The summed E-state index contributed by atoms with van der Waals surface area (Å²) in [5.41, 5.74) is 1.78. The Morgan fingerprint density at radius 2 is 1.95 bits per heavy atom. The van der Waals surface area contributed by atoms with Gasteiger partial charge < -0.3 is 10.1 Å². The molecule has 1 atom stereocenters. The molecule has 21 heavy (non-hydrogen) atoms. The molecule has 1 aliphatic carbocycles. The first-order valence-electron chi connectivity index (χ1n) is 8.36. The molecule has 0 aromatic heterocycles. The summed E-state index contributed by atoms with van der Waals surface area (Å²) in [7, 11) is 1.80. The zero-order valence-electron chi connectivity index (χ0n) is 13.2. The van der Waals surface area contributed by atoms with Crippen molar-refractivity contribution in [2.45, 2.75) is 43.7 Å². The summed E-state index contributed by atoms with van der Waals surface area (Å²) < 4.78 is 5.34. The first kappa shape index (κ1) is 15.0. The molecule has 2 aliphatic rings. The number of hydrogen-bond donors (Lipinski definition) is 1. The lowest BCUT2D eigenvalue weighted by atomic mass is 9.79. The molecule has 3 rings (SSSR count). The van der Waals surface area contributed by atoms with Crippen molar-refractivity contribution >= 4 is 0 Å². The van der Waals surface area contributed by atoms with Gasteiger partial charge in [-0.2, -0.15) is 0 Å². The van der Waals surface area contributed by atoms with Crippen molar-refractivity contribution in [1.29, 1.82) is 0 Å². The van der Waals surface area contributed by atoms with Crippen LogP contribution in [-0.2, 0) is 4.74 Å². The van der Waals surface area contributed by atoms with Crippen LogP contribution in [0.2, 0.25) is 0 Å². The van der Waals surface area contributed by atoms with Gasteiger partial charge in [0.1, 0.15) is 0 Å². The standard InChI is InChI=1S/C18H28N2O/c1-21-13-12-20-15-18(10-6-3-7-11-18)19-14-17(20)16-8-4-2-5-9-16/h2,4-5,8-9,17,19H,3,6-7,10-15H2,1H3. The minimum atomic E-state index is 0.358. The Labute approximate surface area is 128 Å². The van der Waals surface area contributed by atoms with Crippen molar-refractivity contribution in [1.82, 2.24) is 10.2 Å². The van der Waals surface area contributed by atoms with Crippen LogP contribution in [0.3, 0.4) is 0 Å². The normalized spacial score (nSPS) is 26.0. The van der Waals surface area contributed by atoms with Gasteiger partial charge in [-0.3, -0.25) is 4.90 Å². The van der Waals surface area contributed by atoms with Crippen LogP contribution in [-0.4, -0.2) is 43.8 Å². The van der Waals surface area contributed by atoms with E-state index < -0.39 is 0 Å². The van der Waals surface area contributed by atoms with Crippen LogP contribution < -0.4 is 5.32 Å². The maximum absolute atomic E-state index is 5.34. The van der Waals surface area contributed by atoms with Gasteiger partial charge in [0, 0.05) is 38.3 Å². The molecular weight excluding hydrogens is 260 g/mol. The fourth-order valence-electron chi connectivity index (χ4n) is 4.01. The Balaban J connectivity index is 1.75. The summed E-state index contributed by atoms with van der Waals surface area (Å²) >= 11 is 0. The van der Waals surface area contributed by atoms with Gasteiger partial charge in [-0.1, -0.05) is 49.6 Å². The summed E-state index contributed by atoms with van der Waals surface area (Å²) in [5, 5.41) is 3.91. The molecule has 3 heteroatoms. The number of ether oxygens (including phenoxy) is 1. The van der Waals surface area contributed by atoms with Gasteiger partial charge in [0.25, 0.3) is 0 Å². The van der Waals surface area contributed by atoms with E-state index >= 15 is 0 Å². The average molecular weight is 288 g/mol. The zero-order valence-corrected chi connectivity index (χ0v) is 13.2. The van der Waals surface area contributed by atoms with Gasteiger partial charge in [-0.15, -0.1) is 0 Å². The van der Waals surface area contributed by atoms with Crippen molar-refractivity contribution in [3.05, 3.63) is 35.9 Å². The third kappa shape index (κ3) is 3.47. The monoisotopic (exact) mass is 288 g/mol. The Bertz CT molecular complexity index is 428. The highest BCUT2D eigenvalue weighted by Crippen LogP contribution is 2.35. The predicted octanol–water partition coefficient (Wildman–Crippen LogP) is 2.98. The van der Waals surface area contributed by atoms with E-state index in [1.165, 1.54) is 37.7 Å². The number of nitrogens with zero attached hydrogens (tertiary/aromatic N) is 1. The molecule has 0 bridgehead atoms. The quantitative estimate of drug-likeness (QED) is 0.922. The molecule has 1 saturated carbocycles. The lowest BCUT2D eigenvalue weighted by Crippen LogP contribution is -2.62. The molecule has 1 aliphatic heterocycles. The fourth-order valence-corrected chi connectivity index (χ4v) is 4.01. The topological polar surface area (TPSA) is 24.5 Å². The van der Waals surface area contributed by atoms with E-state index in [1.807, 2.05) is 0 Å². The molecule has 1 spiro atoms. The van der Waals surface area contributed by atoms with Crippen LogP contribution in [0.25, 0.3) is 0 Å². The fraction of sp³-hybridized carbons (Fsp3) is 0.667. The van der Waals surface area contributed by atoms with Gasteiger partial charge in [0.05, 0.1) is 6.61 Å². The van der Waals surface area contributed by atoms with Gasteiger partial charge in [0.15, 0.2) is 0 Å². The first-order valence-corrected chi connectivity index (χ1v) is 8.36. The second-order valence-corrected chi connectivity index (χ2v) is 6.61. The summed E-state index contributed by atoms with van der Waals surface area (Å²) in [5.74, 6) is 0. The first-order chi connectivity index (χ1) is 10.3. The van der Waals surface area contributed by atoms with Crippen LogP contribution in [0.1, 0.15) is 43.7 Å². The smallest absolute Gasteiger partial charge is 0.0589 e. The van der Waals surface area contributed by atoms with Gasteiger partial charge in [-0.25, -0.2) is 0 Å². The minimum absolute atomic E-state index is 0.358. The van der Waals surface area contributed by atoms with Crippen molar-refractivity contribution in [3.63, 3.8) is 0 Å². The molecule has 116 valence electrons. The number of benzene rings is 1. The number of methoxy groups -OCH3 is 1. The lowest BCUT2D eigenvalue weighted by molar-refractivity contribution is 0.0359. The summed E-state index contributed by atoms with van der Waals surface area (Å²) in [6, 6.07) is 11.4. The maximum atomic E-state index is 5.34. The van der Waals surface area contributed by atoms with E-state index in [4.69, 9.17) is 4.74 Å². The zero-order chi connectivity index (χ0) is 14.5. The Hall–Kier alpha value is -0.900. The van der Waals surface area contributed by atoms with Crippen molar-refractivity contribution in [2.24, 2.45) is 0 Å². The van der Waals surface area contributed by atoms with Gasteiger partial charge >= 0.3 is 0 Å². The van der Waals surface area contributed by atoms with Crippen LogP contribution in [0.4, 0.5) is 0 Å². The minimum Gasteiger partial charge on any atom is -0.383 e. The predicted molar refractivity (Wildman–Crippen MR) is 86.5 cm³/mol. The molecule has 0 radical (unpaired) electrons. The molecule has 1 aromatic rings. The third-order valence-electron chi connectivity index (χ3n) is 5.19. The Morgan fingerprint density at radius 1 is 1.19 bits per heavy atom. The van der Waals surface area contributed by atoms with Crippen molar-refractivity contribution in [2.75, 3.05) is 33.4 Å². The highest BCUT2D eigenvalue weighted by atomic mass is 16.5. The van der Waals surface area contributed by atoms with Crippen LogP contribution in [0.15, 0.2) is 30.3 Å². The van der Waals surface area contributed by atoms with E-state index in [2.05, 4.69) is 40.5 Å². The second kappa shape index (κ2) is 6.91. The molecule has 1 saturated heterocycles. The van der Waals surface area contributed by atoms with E-state index in [1.54, 1.807) is 7.11 Å². The lowest BCUT2D eigenvalue weighted by Gasteiger charge is -2.50. The number of rotatable bonds is 4. The summed E-state index contributed by atoms with van der Waals surface area (Å²) in [6.45, 7) is 4.07. The van der Waals surface area contributed by atoms with Gasteiger partial charge in [-0.05, 0) is 18.4 Å². The molecular formula is C18H28N2O. The van der Waals surface area contributed by atoms with Crippen molar-refractivity contribution in [3.8, 4) is 0 Å².